The Morgan fingerprint density at radius 3 is 1.95 bits per heavy atom. The van der Waals surface area contributed by atoms with E-state index < -0.39 is 18.0 Å². The summed E-state index contributed by atoms with van der Waals surface area (Å²) in [5.74, 6) is -1.06. The number of aliphatic hydroxyl groups excluding tert-OH is 1. The van der Waals surface area contributed by atoms with Crippen molar-refractivity contribution in [3.05, 3.63) is 83.9 Å². The van der Waals surface area contributed by atoms with E-state index in [1.165, 1.54) is 7.11 Å². The molecule has 0 heterocycles. The van der Waals surface area contributed by atoms with Crippen molar-refractivity contribution < 1.29 is 14.6 Å². The predicted molar refractivity (Wildman–Crippen MR) is 81.7 cm³/mol. The zero-order valence-corrected chi connectivity index (χ0v) is 11.9. The third-order valence-electron chi connectivity index (χ3n) is 3.44. The minimum atomic E-state index is -0.861. The van der Waals surface area contributed by atoms with Crippen LogP contribution in [0.5, 0.6) is 0 Å². The van der Waals surface area contributed by atoms with E-state index in [4.69, 9.17) is 4.74 Å². The first kappa shape index (κ1) is 15.0. The maximum atomic E-state index is 11.8. The van der Waals surface area contributed by atoms with Gasteiger partial charge in [-0.1, -0.05) is 67.2 Å². The molecule has 2 rings (SSSR count). The first-order chi connectivity index (χ1) is 10.1. The zero-order valence-electron chi connectivity index (χ0n) is 11.9. The summed E-state index contributed by atoms with van der Waals surface area (Å²) in [5, 5.41) is 10.7. The van der Waals surface area contributed by atoms with Gasteiger partial charge in [-0.15, -0.1) is 0 Å². The molecule has 0 fully saturated rings. The molecule has 0 radical (unpaired) electrons. The normalized spacial score (nSPS) is 13.2. The van der Waals surface area contributed by atoms with Crippen molar-refractivity contribution in [2.45, 2.75) is 12.0 Å². The largest absolute Gasteiger partial charge is 0.466 e. The van der Waals surface area contributed by atoms with Crippen molar-refractivity contribution in [2.75, 3.05) is 7.11 Å². The molecule has 0 amide bonds. The van der Waals surface area contributed by atoms with Crippen LogP contribution in [0.4, 0.5) is 0 Å². The molecule has 3 heteroatoms. The smallest absolute Gasteiger partial charge is 0.333 e. The van der Waals surface area contributed by atoms with Crippen LogP contribution in [0.3, 0.4) is 0 Å². The molecule has 2 aromatic rings. The van der Waals surface area contributed by atoms with Crippen molar-refractivity contribution in [3.63, 3.8) is 0 Å². The van der Waals surface area contributed by atoms with Gasteiger partial charge in [0.15, 0.2) is 0 Å². The highest BCUT2D eigenvalue weighted by molar-refractivity contribution is 5.89. The van der Waals surface area contributed by atoms with Gasteiger partial charge in [0.05, 0.1) is 13.2 Å². The van der Waals surface area contributed by atoms with Crippen molar-refractivity contribution >= 4 is 5.97 Å². The predicted octanol–water partition coefficient (Wildman–Crippen LogP) is 3.23. The number of methoxy groups -OCH3 is 1. The number of esters is 1. The number of hydrogen-bond donors (Lipinski definition) is 1. The number of carbonyl (C=O) groups excluding carboxylic acids is 1. The average Bonchev–Trinajstić information content (AvgIpc) is 2.56. The lowest BCUT2D eigenvalue weighted by Crippen LogP contribution is -2.19. The van der Waals surface area contributed by atoms with Gasteiger partial charge in [-0.3, -0.25) is 0 Å². The standard InChI is InChI=1S/C18H18O3/c1-13(18(20)21-2)16(14-9-5-3-6-10-14)17(19)15-11-7-4-8-12-15/h3-12,16-17,19H,1H2,2H3/t16-,17+/m0/s1. The van der Waals surface area contributed by atoms with E-state index in [1.807, 2.05) is 60.7 Å². The van der Waals surface area contributed by atoms with Gasteiger partial charge in [0, 0.05) is 11.5 Å². The second kappa shape index (κ2) is 6.86. The van der Waals surface area contributed by atoms with Crippen LogP contribution < -0.4 is 0 Å². The van der Waals surface area contributed by atoms with Crippen LogP contribution in [-0.4, -0.2) is 18.2 Å². The molecule has 0 aliphatic heterocycles. The number of carbonyl (C=O) groups is 1. The Morgan fingerprint density at radius 2 is 1.48 bits per heavy atom. The zero-order chi connectivity index (χ0) is 15.2. The van der Waals surface area contributed by atoms with Gasteiger partial charge in [0.2, 0.25) is 0 Å². The molecule has 0 unspecified atom stereocenters. The van der Waals surface area contributed by atoms with Gasteiger partial charge in [-0.05, 0) is 11.1 Å². The molecule has 0 bridgehead atoms. The van der Waals surface area contributed by atoms with Crippen LogP contribution >= 0.6 is 0 Å². The second-order valence-electron chi connectivity index (χ2n) is 4.76. The Morgan fingerprint density at radius 1 is 1.00 bits per heavy atom. The Kier molecular flexibility index (Phi) is 4.90. The molecule has 21 heavy (non-hydrogen) atoms. The monoisotopic (exact) mass is 282 g/mol. The molecule has 0 spiro atoms. The third kappa shape index (κ3) is 3.38. The van der Waals surface area contributed by atoms with Crippen LogP contribution in [-0.2, 0) is 9.53 Å². The fourth-order valence-corrected chi connectivity index (χ4v) is 2.34. The molecule has 0 aliphatic carbocycles. The number of hydrogen-bond acceptors (Lipinski definition) is 3. The van der Waals surface area contributed by atoms with Gasteiger partial charge < -0.3 is 9.84 Å². The fraction of sp³-hybridized carbons (Fsp3) is 0.167. The van der Waals surface area contributed by atoms with Gasteiger partial charge in [-0.25, -0.2) is 4.79 Å². The highest BCUT2D eigenvalue weighted by Gasteiger charge is 2.29. The van der Waals surface area contributed by atoms with Crippen LogP contribution in [0, 0.1) is 0 Å². The summed E-state index contributed by atoms with van der Waals surface area (Å²) in [7, 11) is 1.31. The second-order valence-corrected chi connectivity index (χ2v) is 4.76. The van der Waals surface area contributed by atoms with E-state index in [0.29, 0.717) is 0 Å². The maximum Gasteiger partial charge on any atom is 0.333 e. The highest BCUT2D eigenvalue weighted by atomic mass is 16.5. The molecule has 0 aliphatic rings. The third-order valence-corrected chi connectivity index (χ3v) is 3.44. The van der Waals surface area contributed by atoms with Gasteiger partial charge in [-0.2, -0.15) is 0 Å². The summed E-state index contributed by atoms with van der Waals surface area (Å²) in [6.07, 6.45) is -0.861. The summed E-state index contributed by atoms with van der Waals surface area (Å²) in [4.78, 5) is 11.8. The van der Waals surface area contributed by atoms with Crippen molar-refractivity contribution in [1.29, 1.82) is 0 Å². The van der Waals surface area contributed by atoms with Crippen molar-refractivity contribution in [1.82, 2.24) is 0 Å². The van der Waals surface area contributed by atoms with E-state index in [2.05, 4.69) is 6.58 Å². The first-order valence-corrected chi connectivity index (χ1v) is 6.70. The minimum Gasteiger partial charge on any atom is -0.466 e. The Hall–Kier alpha value is -2.39. The maximum absolute atomic E-state index is 11.8. The summed E-state index contributed by atoms with van der Waals surface area (Å²) < 4.78 is 4.75. The Bertz CT molecular complexity index is 605. The molecule has 2 atom stereocenters. The van der Waals surface area contributed by atoms with Crippen LogP contribution in [0.2, 0.25) is 0 Å². The van der Waals surface area contributed by atoms with Crippen LogP contribution in [0.25, 0.3) is 0 Å². The molecular weight excluding hydrogens is 264 g/mol. The van der Waals surface area contributed by atoms with Crippen LogP contribution in [0.1, 0.15) is 23.1 Å². The number of rotatable bonds is 5. The molecule has 0 saturated carbocycles. The topological polar surface area (TPSA) is 46.5 Å². The van der Waals surface area contributed by atoms with Gasteiger partial charge in [0.1, 0.15) is 0 Å². The van der Waals surface area contributed by atoms with Crippen LogP contribution in [0.15, 0.2) is 72.8 Å². The lowest BCUT2D eigenvalue weighted by Gasteiger charge is -2.24. The molecule has 1 N–H and O–H groups in total. The summed E-state index contributed by atoms with van der Waals surface area (Å²) in [5.41, 5.74) is 1.79. The summed E-state index contributed by atoms with van der Waals surface area (Å²) >= 11 is 0. The van der Waals surface area contributed by atoms with Crippen molar-refractivity contribution in [2.24, 2.45) is 0 Å². The lowest BCUT2D eigenvalue weighted by atomic mass is 9.84. The molecule has 3 nitrogen and oxygen atoms in total. The Labute approximate surface area is 124 Å². The SMILES string of the molecule is C=C(C(=O)OC)[C@@H](c1ccccc1)[C@H](O)c1ccccc1. The average molecular weight is 282 g/mol. The summed E-state index contributed by atoms with van der Waals surface area (Å²) in [6, 6.07) is 18.6. The number of benzene rings is 2. The fourth-order valence-electron chi connectivity index (χ4n) is 2.34. The van der Waals surface area contributed by atoms with Gasteiger partial charge >= 0.3 is 5.97 Å². The molecule has 0 saturated heterocycles. The van der Waals surface area contributed by atoms with E-state index in [1.54, 1.807) is 0 Å². The van der Waals surface area contributed by atoms with E-state index >= 15 is 0 Å². The molecular formula is C18H18O3. The van der Waals surface area contributed by atoms with E-state index in [0.717, 1.165) is 11.1 Å². The molecule has 2 aromatic carbocycles. The Balaban J connectivity index is 2.41. The van der Waals surface area contributed by atoms with E-state index in [9.17, 15) is 9.90 Å². The van der Waals surface area contributed by atoms with Gasteiger partial charge in [0.25, 0.3) is 0 Å². The summed E-state index contributed by atoms with van der Waals surface area (Å²) in [6.45, 7) is 3.81. The molecule has 108 valence electrons. The van der Waals surface area contributed by atoms with Crippen molar-refractivity contribution in [3.8, 4) is 0 Å². The number of ether oxygens (including phenoxy) is 1. The highest BCUT2D eigenvalue weighted by Crippen LogP contribution is 2.36. The quantitative estimate of drug-likeness (QED) is 0.676. The van der Waals surface area contributed by atoms with E-state index in [-0.39, 0.29) is 5.57 Å². The number of aliphatic hydroxyl groups is 1. The lowest BCUT2D eigenvalue weighted by molar-refractivity contribution is -0.136. The molecule has 0 aromatic heterocycles. The first-order valence-electron chi connectivity index (χ1n) is 6.70. The minimum absolute atomic E-state index is 0.236.